The van der Waals surface area contributed by atoms with Gasteiger partial charge in [0, 0.05) is 30.2 Å². The minimum absolute atomic E-state index is 0.0351. The van der Waals surface area contributed by atoms with E-state index in [0.29, 0.717) is 13.1 Å². The van der Waals surface area contributed by atoms with Crippen molar-refractivity contribution in [1.29, 1.82) is 0 Å². The number of thiazole rings is 1. The molecule has 2 aromatic carbocycles. The van der Waals surface area contributed by atoms with Crippen LogP contribution >= 0.6 is 11.3 Å². The molecule has 5 rings (SSSR count). The smallest absolute Gasteiger partial charge is 0.231 e. The highest BCUT2D eigenvalue weighted by molar-refractivity contribution is 7.22. The quantitative estimate of drug-likeness (QED) is 0.569. The fourth-order valence-electron chi connectivity index (χ4n) is 3.22. The Morgan fingerprint density at radius 1 is 1.30 bits per heavy atom. The van der Waals surface area contributed by atoms with E-state index < -0.39 is 0 Å². The zero-order valence-electron chi connectivity index (χ0n) is 14.6. The van der Waals surface area contributed by atoms with Gasteiger partial charge in [0.05, 0.1) is 35.0 Å². The van der Waals surface area contributed by atoms with Crippen LogP contribution in [0.3, 0.4) is 0 Å². The Kier molecular flexibility index (Phi) is 3.71. The fourth-order valence-corrected chi connectivity index (χ4v) is 4.18. The molecule has 0 saturated carbocycles. The molecule has 27 heavy (non-hydrogen) atoms. The Labute approximate surface area is 159 Å². The number of nitrogens with one attached hydrogen (secondary N) is 2. The molecule has 0 atom stereocenters. The lowest BCUT2D eigenvalue weighted by molar-refractivity contribution is -0.120. The number of carbonyl (C=O) groups is 1. The lowest BCUT2D eigenvalue weighted by Gasteiger charge is -2.37. The number of methoxy groups -OCH3 is 1. The number of hydrogen-bond donors (Lipinski definition) is 2. The van der Waals surface area contributed by atoms with Crippen LogP contribution in [0.2, 0.25) is 0 Å². The van der Waals surface area contributed by atoms with Gasteiger partial charge < -0.3 is 15.0 Å². The van der Waals surface area contributed by atoms with E-state index in [1.165, 1.54) is 0 Å². The molecular weight excluding hydrogens is 362 g/mol. The molecule has 8 heteroatoms. The van der Waals surface area contributed by atoms with E-state index in [-0.39, 0.29) is 11.8 Å². The number of nitrogens with zero attached hydrogens (tertiary/aromatic N) is 3. The van der Waals surface area contributed by atoms with Gasteiger partial charge in [0.15, 0.2) is 5.13 Å². The number of fused-ring (bicyclic) bond motifs is 2. The van der Waals surface area contributed by atoms with Crippen molar-refractivity contribution in [1.82, 2.24) is 15.2 Å². The number of aromatic amines is 1. The van der Waals surface area contributed by atoms with Gasteiger partial charge >= 0.3 is 0 Å². The minimum atomic E-state index is -0.0380. The summed E-state index contributed by atoms with van der Waals surface area (Å²) >= 11 is 1.64. The molecule has 0 bridgehead atoms. The Bertz CT molecular complexity index is 1150. The summed E-state index contributed by atoms with van der Waals surface area (Å²) in [6.45, 7) is 1.35. The topological polar surface area (TPSA) is 83.1 Å². The molecule has 0 unspecified atom stereocenters. The van der Waals surface area contributed by atoms with Crippen LogP contribution in [0.25, 0.3) is 21.1 Å². The lowest BCUT2D eigenvalue weighted by atomic mass is 10.00. The standard InChI is InChI=1S/C19H17N5O2S/c1-26-14-4-5-17-16(7-14)22-19(27-17)24-9-12(10-24)18(25)21-13-3-2-11-8-20-23-15(11)6-13/h2-8,12H,9-10H2,1H3,(H,20,23)(H,21,25). The van der Waals surface area contributed by atoms with Crippen LogP contribution < -0.4 is 15.0 Å². The molecule has 2 aromatic heterocycles. The maximum absolute atomic E-state index is 12.5. The van der Waals surface area contributed by atoms with E-state index in [0.717, 1.165) is 37.7 Å². The first-order chi connectivity index (χ1) is 13.2. The van der Waals surface area contributed by atoms with E-state index in [1.54, 1.807) is 24.6 Å². The fraction of sp³-hybridized carbons (Fsp3) is 0.211. The third-order valence-corrected chi connectivity index (χ3v) is 5.91. The molecule has 0 spiro atoms. The van der Waals surface area contributed by atoms with Crippen LogP contribution in [-0.4, -0.2) is 41.3 Å². The van der Waals surface area contributed by atoms with Gasteiger partial charge in [-0.05, 0) is 30.3 Å². The van der Waals surface area contributed by atoms with Gasteiger partial charge in [-0.3, -0.25) is 9.89 Å². The van der Waals surface area contributed by atoms with Crippen molar-refractivity contribution in [2.75, 3.05) is 30.4 Å². The van der Waals surface area contributed by atoms with Crippen LogP contribution in [0.4, 0.5) is 10.8 Å². The first kappa shape index (κ1) is 16.1. The van der Waals surface area contributed by atoms with Gasteiger partial charge in [-0.25, -0.2) is 4.98 Å². The van der Waals surface area contributed by atoms with Crippen molar-refractivity contribution in [2.45, 2.75) is 0 Å². The average molecular weight is 379 g/mol. The second-order valence-corrected chi connectivity index (χ2v) is 7.60. The number of rotatable bonds is 4. The summed E-state index contributed by atoms with van der Waals surface area (Å²) in [6.07, 6.45) is 1.76. The van der Waals surface area contributed by atoms with Crippen LogP contribution in [0, 0.1) is 5.92 Å². The molecule has 1 fully saturated rings. The second-order valence-electron chi connectivity index (χ2n) is 6.59. The van der Waals surface area contributed by atoms with Crippen molar-refractivity contribution in [3.8, 4) is 5.75 Å². The summed E-state index contributed by atoms with van der Waals surface area (Å²) in [5.41, 5.74) is 2.62. The highest BCUT2D eigenvalue weighted by Gasteiger charge is 2.34. The molecule has 3 heterocycles. The lowest BCUT2D eigenvalue weighted by Crippen LogP contribution is -2.52. The summed E-state index contributed by atoms with van der Waals surface area (Å²) in [7, 11) is 1.65. The zero-order chi connectivity index (χ0) is 18.4. The molecular formula is C19H17N5O2S. The van der Waals surface area contributed by atoms with Crippen molar-refractivity contribution < 1.29 is 9.53 Å². The molecule has 136 valence electrons. The van der Waals surface area contributed by atoms with Crippen LogP contribution in [0.15, 0.2) is 42.6 Å². The second kappa shape index (κ2) is 6.24. The Morgan fingerprint density at radius 2 is 2.19 bits per heavy atom. The van der Waals surface area contributed by atoms with Crippen LogP contribution in [0.1, 0.15) is 0 Å². The molecule has 0 radical (unpaired) electrons. The molecule has 4 aromatic rings. The highest BCUT2D eigenvalue weighted by Crippen LogP contribution is 2.34. The SMILES string of the molecule is COc1ccc2sc(N3CC(C(=O)Nc4ccc5cn[nH]c5c4)C3)nc2c1. The first-order valence-corrected chi connectivity index (χ1v) is 9.45. The predicted octanol–water partition coefficient (Wildman–Crippen LogP) is 3.26. The zero-order valence-corrected chi connectivity index (χ0v) is 15.4. The van der Waals surface area contributed by atoms with Gasteiger partial charge in [0.25, 0.3) is 0 Å². The number of amides is 1. The van der Waals surface area contributed by atoms with Crippen LogP contribution in [0.5, 0.6) is 5.75 Å². The number of anilines is 2. The van der Waals surface area contributed by atoms with E-state index in [9.17, 15) is 4.79 Å². The summed E-state index contributed by atoms with van der Waals surface area (Å²) in [5.74, 6) is 0.798. The van der Waals surface area contributed by atoms with Crippen molar-refractivity contribution in [2.24, 2.45) is 5.92 Å². The van der Waals surface area contributed by atoms with Crippen molar-refractivity contribution >= 4 is 49.2 Å². The first-order valence-electron chi connectivity index (χ1n) is 8.63. The van der Waals surface area contributed by atoms with Gasteiger partial charge in [-0.2, -0.15) is 5.10 Å². The number of H-pyrrole nitrogens is 1. The highest BCUT2D eigenvalue weighted by atomic mass is 32.1. The Morgan fingerprint density at radius 3 is 3.04 bits per heavy atom. The third kappa shape index (κ3) is 2.87. The summed E-state index contributed by atoms with van der Waals surface area (Å²) in [6, 6.07) is 11.6. The summed E-state index contributed by atoms with van der Waals surface area (Å²) in [4.78, 5) is 19.3. The number of aromatic nitrogens is 3. The van der Waals surface area contributed by atoms with E-state index in [4.69, 9.17) is 4.74 Å². The largest absolute Gasteiger partial charge is 0.497 e. The van der Waals surface area contributed by atoms with Gasteiger partial charge in [0.2, 0.25) is 5.91 Å². The molecule has 1 aliphatic rings. The third-order valence-electron chi connectivity index (χ3n) is 4.82. The maximum Gasteiger partial charge on any atom is 0.231 e. The normalized spacial score (nSPS) is 14.5. The Hall–Kier alpha value is -3.13. The molecule has 1 aliphatic heterocycles. The van der Waals surface area contributed by atoms with Gasteiger partial charge in [-0.1, -0.05) is 11.3 Å². The average Bonchev–Trinajstić information content (AvgIpc) is 3.25. The van der Waals surface area contributed by atoms with Gasteiger partial charge in [0.1, 0.15) is 5.75 Å². The van der Waals surface area contributed by atoms with Crippen molar-refractivity contribution in [3.05, 3.63) is 42.6 Å². The monoisotopic (exact) mass is 379 g/mol. The Balaban J connectivity index is 1.25. The van der Waals surface area contributed by atoms with E-state index in [1.807, 2.05) is 36.4 Å². The maximum atomic E-state index is 12.5. The van der Waals surface area contributed by atoms with E-state index in [2.05, 4.69) is 25.4 Å². The predicted molar refractivity (Wildman–Crippen MR) is 107 cm³/mol. The molecule has 2 N–H and O–H groups in total. The number of benzene rings is 2. The molecule has 1 amide bonds. The van der Waals surface area contributed by atoms with Gasteiger partial charge in [-0.15, -0.1) is 0 Å². The summed E-state index contributed by atoms with van der Waals surface area (Å²) in [5, 5.41) is 11.9. The van der Waals surface area contributed by atoms with Crippen LogP contribution in [-0.2, 0) is 4.79 Å². The number of ether oxygens (including phenoxy) is 1. The molecule has 1 saturated heterocycles. The molecule has 7 nitrogen and oxygen atoms in total. The minimum Gasteiger partial charge on any atom is -0.497 e. The molecule has 0 aliphatic carbocycles. The number of carbonyl (C=O) groups excluding carboxylic acids is 1. The van der Waals surface area contributed by atoms with E-state index >= 15 is 0 Å². The number of hydrogen-bond acceptors (Lipinski definition) is 6. The van der Waals surface area contributed by atoms with Crippen molar-refractivity contribution in [3.63, 3.8) is 0 Å². The summed E-state index contributed by atoms with van der Waals surface area (Å²) < 4.78 is 6.37.